The average Bonchev–Trinajstić information content (AvgIpc) is 3.13. The molecule has 1 spiro atoms. The Bertz CT molecular complexity index is 912. The Kier molecular flexibility index (Phi) is 7.91. The van der Waals surface area contributed by atoms with Crippen molar-refractivity contribution in [2.45, 2.75) is 116 Å². The summed E-state index contributed by atoms with van der Waals surface area (Å²) in [5.74, 6) is -0.349. The van der Waals surface area contributed by atoms with Crippen LogP contribution in [0.5, 0.6) is 0 Å². The van der Waals surface area contributed by atoms with E-state index in [0.29, 0.717) is 25.4 Å². The quantitative estimate of drug-likeness (QED) is 0.617. The largest absolute Gasteiger partial charge is 0.390 e. The fraction of sp³-hybridized carbons (Fsp3) is 0.815. The first kappa shape index (κ1) is 26.1. The third-order valence-corrected chi connectivity index (χ3v) is 8.69. The van der Waals surface area contributed by atoms with Gasteiger partial charge in [-0.05, 0) is 51.9 Å². The van der Waals surface area contributed by atoms with Gasteiger partial charge in [-0.25, -0.2) is 0 Å². The van der Waals surface area contributed by atoms with Gasteiger partial charge in [-0.1, -0.05) is 40.0 Å². The van der Waals surface area contributed by atoms with E-state index in [1.165, 1.54) is 43.4 Å². The molecule has 2 saturated heterocycles. The summed E-state index contributed by atoms with van der Waals surface area (Å²) >= 11 is 0. The van der Waals surface area contributed by atoms with Crippen LogP contribution in [-0.2, 0) is 16.1 Å². The van der Waals surface area contributed by atoms with Gasteiger partial charge in [0.15, 0.2) is 0 Å². The number of aliphatic hydroxyl groups is 1. The third-order valence-electron chi connectivity index (χ3n) is 8.69. The smallest absolute Gasteiger partial charge is 0.248 e. The van der Waals surface area contributed by atoms with Gasteiger partial charge < -0.3 is 15.3 Å². The number of aromatic nitrogens is 2. The lowest BCUT2D eigenvalue weighted by atomic mass is 9.80. The highest BCUT2D eigenvalue weighted by Gasteiger charge is 2.54. The fourth-order valence-corrected chi connectivity index (χ4v) is 6.41. The SMILES string of the molecule is CCCN1C(=O)C(C(O)C(C)C)NC(=O)C12CCN(Cc1c(C)nn(C3CCCCC3)c1C)CC2. The van der Waals surface area contributed by atoms with Crippen LogP contribution in [0, 0.1) is 19.8 Å². The van der Waals surface area contributed by atoms with Crippen LogP contribution in [0.1, 0.15) is 95.1 Å². The molecule has 3 aliphatic rings. The number of nitrogens with one attached hydrogen (secondary N) is 1. The maximum absolute atomic E-state index is 13.4. The predicted molar refractivity (Wildman–Crippen MR) is 136 cm³/mol. The van der Waals surface area contributed by atoms with Crippen molar-refractivity contribution >= 4 is 11.8 Å². The molecular formula is C27H45N5O3. The number of likely N-dealkylation sites (tertiary alicyclic amines) is 1. The fourth-order valence-electron chi connectivity index (χ4n) is 6.41. The molecule has 2 aliphatic heterocycles. The van der Waals surface area contributed by atoms with Gasteiger partial charge >= 0.3 is 0 Å². The number of hydrogen-bond acceptors (Lipinski definition) is 5. The number of aryl methyl sites for hydroxylation is 1. The van der Waals surface area contributed by atoms with Crippen LogP contribution >= 0.6 is 0 Å². The molecule has 196 valence electrons. The number of aliphatic hydroxyl groups excluding tert-OH is 1. The maximum Gasteiger partial charge on any atom is 0.248 e. The average molecular weight is 488 g/mol. The van der Waals surface area contributed by atoms with E-state index in [4.69, 9.17) is 5.10 Å². The Morgan fingerprint density at radius 1 is 1.11 bits per heavy atom. The summed E-state index contributed by atoms with van der Waals surface area (Å²) < 4.78 is 2.27. The van der Waals surface area contributed by atoms with Gasteiger partial charge in [0.1, 0.15) is 11.6 Å². The molecule has 1 aliphatic carbocycles. The molecule has 1 saturated carbocycles. The first-order valence-corrected chi connectivity index (χ1v) is 13.8. The van der Waals surface area contributed by atoms with E-state index in [-0.39, 0.29) is 17.7 Å². The minimum atomic E-state index is -0.880. The normalized spacial score (nSPS) is 24.9. The molecule has 0 bridgehead atoms. The zero-order valence-corrected chi connectivity index (χ0v) is 22.3. The molecule has 1 aromatic rings. The highest BCUT2D eigenvalue weighted by molar-refractivity contribution is 6.00. The molecule has 3 fully saturated rings. The van der Waals surface area contributed by atoms with E-state index in [2.05, 4.69) is 28.7 Å². The molecular weight excluding hydrogens is 442 g/mol. The van der Waals surface area contributed by atoms with Crippen molar-refractivity contribution in [3.63, 3.8) is 0 Å². The summed E-state index contributed by atoms with van der Waals surface area (Å²) in [6, 6.07) is -0.330. The van der Waals surface area contributed by atoms with Gasteiger partial charge in [-0.2, -0.15) is 5.10 Å². The number of hydrogen-bond donors (Lipinski definition) is 2. The zero-order valence-electron chi connectivity index (χ0n) is 22.3. The number of carbonyl (C=O) groups excluding carboxylic acids is 2. The van der Waals surface area contributed by atoms with Gasteiger partial charge in [-0.3, -0.25) is 19.2 Å². The predicted octanol–water partition coefficient (Wildman–Crippen LogP) is 3.09. The first-order valence-electron chi connectivity index (χ1n) is 13.8. The van der Waals surface area contributed by atoms with E-state index < -0.39 is 17.7 Å². The number of amides is 2. The van der Waals surface area contributed by atoms with Gasteiger partial charge in [-0.15, -0.1) is 0 Å². The summed E-state index contributed by atoms with van der Waals surface area (Å²) in [5, 5.41) is 18.4. The summed E-state index contributed by atoms with van der Waals surface area (Å²) in [6.45, 7) is 13.0. The molecule has 4 rings (SSSR count). The second-order valence-electron chi connectivity index (χ2n) is 11.4. The second kappa shape index (κ2) is 10.6. The highest BCUT2D eigenvalue weighted by Crippen LogP contribution is 2.36. The molecule has 35 heavy (non-hydrogen) atoms. The Balaban J connectivity index is 1.47. The summed E-state index contributed by atoms with van der Waals surface area (Å²) in [5.41, 5.74) is 2.88. The topological polar surface area (TPSA) is 90.7 Å². The standard InChI is InChI=1S/C27H45N5O3/c1-6-14-31-25(34)23(24(33)18(2)3)28-26(35)27(31)12-15-30(16-13-27)17-22-19(4)29-32(20(22)5)21-10-8-7-9-11-21/h18,21,23-24,33H,6-17H2,1-5H3,(H,28,35). The van der Waals surface area contributed by atoms with Crippen LogP contribution in [0.3, 0.4) is 0 Å². The van der Waals surface area contributed by atoms with Crippen molar-refractivity contribution in [1.82, 2.24) is 24.9 Å². The molecule has 8 heteroatoms. The lowest BCUT2D eigenvalue weighted by Gasteiger charge is -2.52. The Hall–Kier alpha value is -1.93. The lowest BCUT2D eigenvalue weighted by Crippen LogP contribution is -2.74. The molecule has 8 nitrogen and oxygen atoms in total. The van der Waals surface area contributed by atoms with E-state index in [0.717, 1.165) is 31.7 Å². The number of rotatable bonds is 7. The van der Waals surface area contributed by atoms with Crippen molar-refractivity contribution in [2.75, 3.05) is 19.6 Å². The van der Waals surface area contributed by atoms with Crippen molar-refractivity contribution in [3.05, 3.63) is 17.0 Å². The van der Waals surface area contributed by atoms with Crippen molar-refractivity contribution in [2.24, 2.45) is 5.92 Å². The molecule has 2 atom stereocenters. The first-order chi connectivity index (χ1) is 16.7. The van der Waals surface area contributed by atoms with Crippen LogP contribution in [0.4, 0.5) is 0 Å². The zero-order chi connectivity index (χ0) is 25.3. The van der Waals surface area contributed by atoms with Crippen LogP contribution in [0.2, 0.25) is 0 Å². The van der Waals surface area contributed by atoms with Crippen LogP contribution in [0.25, 0.3) is 0 Å². The minimum Gasteiger partial charge on any atom is -0.390 e. The lowest BCUT2D eigenvalue weighted by molar-refractivity contribution is -0.165. The molecule has 2 unspecified atom stereocenters. The number of piperidine rings is 1. The van der Waals surface area contributed by atoms with Crippen molar-refractivity contribution in [1.29, 1.82) is 0 Å². The van der Waals surface area contributed by atoms with Gasteiger partial charge in [0, 0.05) is 37.4 Å². The van der Waals surface area contributed by atoms with Crippen molar-refractivity contribution in [3.8, 4) is 0 Å². The van der Waals surface area contributed by atoms with Gasteiger partial charge in [0.2, 0.25) is 11.8 Å². The second-order valence-corrected chi connectivity index (χ2v) is 11.4. The Labute approximate surface area is 210 Å². The number of carbonyl (C=O) groups is 2. The molecule has 2 amide bonds. The summed E-state index contributed by atoms with van der Waals surface area (Å²) in [6.07, 6.45) is 7.48. The van der Waals surface area contributed by atoms with E-state index in [1.807, 2.05) is 20.8 Å². The molecule has 0 radical (unpaired) electrons. The summed E-state index contributed by atoms with van der Waals surface area (Å²) in [7, 11) is 0. The monoisotopic (exact) mass is 487 g/mol. The molecule has 1 aromatic heterocycles. The Morgan fingerprint density at radius 3 is 2.37 bits per heavy atom. The summed E-state index contributed by atoms with van der Waals surface area (Å²) in [4.78, 5) is 31.1. The van der Waals surface area contributed by atoms with Crippen LogP contribution in [-0.4, -0.2) is 73.8 Å². The highest BCUT2D eigenvalue weighted by atomic mass is 16.3. The molecule has 2 N–H and O–H groups in total. The number of nitrogens with zero attached hydrogens (tertiary/aromatic N) is 4. The van der Waals surface area contributed by atoms with Crippen LogP contribution in [0.15, 0.2) is 0 Å². The van der Waals surface area contributed by atoms with Crippen LogP contribution < -0.4 is 5.32 Å². The Morgan fingerprint density at radius 2 is 1.77 bits per heavy atom. The number of piperazine rings is 1. The molecule has 3 heterocycles. The molecule has 0 aromatic carbocycles. The maximum atomic E-state index is 13.4. The van der Waals surface area contributed by atoms with E-state index in [1.54, 1.807) is 4.90 Å². The van der Waals surface area contributed by atoms with E-state index in [9.17, 15) is 14.7 Å². The van der Waals surface area contributed by atoms with Gasteiger partial charge in [0.05, 0.1) is 17.8 Å². The van der Waals surface area contributed by atoms with E-state index >= 15 is 0 Å². The minimum absolute atomic E-state index is 0.104. The van der Waals surface area contributed by atoms with Gasteiger partial charge in [0.25, 0.3) is 0 Å². The van der Waals surface area contributed by atoms with Crippen molar-refractivity contribution < 1.29 is 14.7 Å². The third kappa shape index (κ3) is 4.88.